The van der Waals surface area contributed by atoms with E-state index in [0.717, 1.165) is 34.5 Å². The van der Waals surface area contributed by atoms with Crippen LogP contribution in [0.4, 0.5) is 15.0 Å². The third kappa shape index (κ3) is 4.64. The number of hydrogen-bond donors (Lipinski definition) is 2. The van der Waals surface area contributed by atoms with E-state index in [1.54, 1.807) is 18.5 Å². The summed E-state index contributed by atoms with van der Waals surface area (Å²) in [5.41, 5.74) is 3.70. The number of nitrogens with one attached hydrogen (secondary N) is 2. The van der Waals surface area contributed by atoms with E-state index in [1.807, 2.05) is 29.2 Å². The number of carbonyl (C=O) groups is 1. The summed E-state index contributed by atoms with van der Waals surface area (Å²) in [4.78, 5) is 28.8. The highest BCUT2D eigenvalue weighted by molar-refractivity contribution is 5.92. The van der Waals surface area contributed by atoms with Gasteiger partial charge in [-0.25, -0.2) is 19.2 Å². The fraction of sp³-hybridized carbons (Fsp3) is 0.240. The number of carbonyl (C=O) groups excluding carboxylic acids is 1. The van der Waals surface area contributed by atoms with Crippen LogP contribution in [0.15, 0.2) is 67.0 Å². The van der Waals surface area contributed by atoms with Gasteiger partial charge in [0.2, 0.25) is 0 Å². The number of anilines is 1. The molecule has 7 nitrogen and oxygen atoms in total. The minimum Gasteiger partial charge on any atom is -0.352 e. The van der Waals surface area contributed by atoms with Crippen molar-refractivity contribution >= 4 is 22.9 Å². The molecule has 1 aliphatic heterocycles. The van der Waals surface area contributed by atoms with Crippen molar-refractivity contribution in [1.29, 1.82) is 0 Å². The van der Waals surface area contributed by atoms with Crippen molar-refractivity contribution in [3.8, 4) is 11.3 Å². The lowest BCUT2D eigenvalue weighted by atomic mass is 10.1. The molecule has 0 radical (unpaired) electrons. The third-order valence-electron chi connectivity index (χ3n) is 5.96. The van der Waals surface area contributed by atoms with Gasteiger partial charge in [0.25, 0.3) is 0 Å². The van der Waals surface area contributed by atoms with Crippen LogP contribution in [0.2, 0.25) is 0 Å². The first-order valence-corrected chi connectivity index (χ1v) is 11.1. The van der Waals surface area contributed by atoms with Gasteiger partial charge in [-0.05, 0) is 47.9 Å². The molecule has 2 aromatic carbocycles. The van der Waals surface area contributed by atoms with Crippen LogP contribution in [0, 0.1) is 5.82 Å². The Labute approximate surface area is 191 Å². The Kier molecular flexibility index (Phi) is 5.89. The number of urea groups is 1. The van der Waals surface area contributed by atoms with E-state index in [1.165, 1.54) is 17.7 Å². The molecule has 168 valence electrons. The molecule has 8 heteroatoms. The minimum absolute atomic E-state index is 0.0290. The number of H-pyrrole nitrogens is 1. The number of aromatic nitrogens is 3. The van der Waals surface area contributed by atoms with E-state index in [-0.39, 0.29) is 11.8 Å². The van der Waals surface area contributed by atoms with E-state index < -0.39 is 0 Å². The summed E-state index contributed by atoms with van der Waals surface area (Å²) in [6, 6.07) is 18.5. The van der Waals surface area contributed by atoms with E-state index in [0.29, 0.717) is 32.7 Å². The second-order valence-corrected chi connectivity index (χ2v) is 8.09. The Morgan fingerprint density at radius 2 is 1.76 bits per heavy atom. The Balaban J connectivity index is 1.22. The quantitative estimate of drug-likeness (QED) is 0.490. The molecule has 2 amide bonds. The van der Waals surface area contributed by atoms with Gasteiger partial charge in [0.05, 0.1) is 5.39 Å². The van der Waals surface area contributed by atoms with Crippen molar-refractivity contribution < 1.29 is 9.18 Å². The maximum atomic E-state index is 13.3. The van der Waals surface area contributed by atoms with Crippen LogP contribution in [0.1, 0.15) is 5.56 Å². The monoisotopic (exact) mass is 444 g/mol. The summed E-state index contributed by atoms with van der Waals surface area (Å²) in [5.74, 6) is 0.575. The molecule has 3 heterocycles. The summed E-state index contributed by atoms with van der Waals surface area (Å²) in [6.07, 6.45) is 2.36. The second-order valence-electron chi connectivity index (χ2n) is 8.09. The average molecular weight is 445 g/mol. The van der Waals surface area contributed by atoms with Crippen molar-refractivity contribution in [3.05, 3.63) is 78.4 Å². The Morgan fingerprint density at radius 1 is 1.00 bits per heavy atom. The van der Waals surface area contributed by atoms with Crippen LogP contribution >= 0.6 is 0 Å². The number of amides is 2. The van der Waals surface area contributed by atoms with E-state index in [4.69, 9.17) is 0 Å². The SMILES string of the molecule is O=C(NCCc1ccccc1)N1CCN(c2ncnc3[nH]c(-c4ccc(F)cc4)cc23)CC1. The van der Waals surface area contributed by atoms with Gasteiger partial charge in [-0.3, -0.25) is 0 Å². The molecule has 2 N–H and O–H groups in total. The highest BCUT2D eigenvalue weighted by Crippen LogP contribution is 2.29. The molecule has 0 aliphatic carbocycles. The number of nitrogens with zero attached hydrogens (tertiary/aromatic N) is 4. The van der Waals surface area contributed by atoms with Gasteiger partial charge in [-0.1, -0.05) is 30.3 Å². The zero-order chi connectivity index (χ0) is 22.6. The third-order valence-corrected chi connectivity index (χ3v) is 5.96. The lowest BCUT2D eigenvalue weighted by Gasteiger charge is -2.35. The number of hydrogen-bond acceptors (Lipinski definition) is 4. The molecule has 0 atom stereocenters. The topological polar surface area (TPSA) is 77.2 Å². The molecular formula is C25H25FN6O. The van der Waals surface area contributed by atoms with Gasteiger partial charge in [0.1, 0.15) is 23.6 Å². The molecular weight excluding hydrogens is 419 g/mol. The number of benzene rings is 2. The highest BCUT2D eigenvalue weighted by Gasteiger charge is 2.23. The number of fused-ring (bicyclic) bond motifs is 1. The van der Waals surface area contributed by atoms with Gasteiger partial charge >= 0.3 is 6.03 Å². The maximum absolute atomic E-state index is 13.3. The number of halogens is 1. The summed E-state index contributed by atoms with van der Waals surface area (Å²) in [7, 11) is 0. The highest BCUT2D eigenvalue weighted by atomic mass is 19.1. The Bertz CT molecular complexity index is 1230. The lowest BCUT2D eigenvalue weighted by Crippen LogP contribution is -2.52. The molecule has 1 aliphatic rings. The number of piperazine rings is 1. The molecule has 33 heavy (non-hydrogen) atoms. The molecule has 1 saturated heterocycles. The normalized spacial score (nSPS) is 14.0. The lowest BCUT2D eigenvalue weighted by molar-refractivity contribution is 0.194. The zero-order valence-corrected chi connectivity index (χ0v) is 18.2. The first-order valence-electron chi connectivity index (χ1n) is 11.1. The molecule has 0 saturated carbocycles. The second kappa shape index (κ2) is 9.28. The van der Waals surface area contributed by atoms with Gasteiger partial charge in [-0.2, -0.15) is 0 Å². The van der Waals surface area contributed by atoms with Gasteiger partial charge in [0.15, 0.2) is 0 Å². The predicted octanol–water partition coefficient (Wildman–Crippen LogP) is 3.84. The van der Waals surface area contributed by atoms with Gasteiger partial charge < -0.3 is 20.1 Å². The van der Waals surface area contributed by atoms with Gasteiger partial charge in [-0.15, -0.1) is 0 Å². The number of aromatic amines is 1. The van der Waals surface area contributed by atoms with Crippen LogP contribution in [0.5, 0.6) is 0 Å². The van der Waals surface area contributed by atoms with Gasteiger partial charge in [0, 0.05) is 38.4 Å². The standard InChI is InChI=1S/C25H25FN6O/c26-20-8-6-19(7-9-20)22-16-21-23(30-22)28-17-29-24(21)31-12-14-32(15-13-31)25(33)27-11-10-18-4-2-1-3-5-18/h1-9,16-17H,10-15H2,(H,27,33)(H,28,29,30). The molecule has 2 aromatic heterocycles. The fourth-order valence-electron chi connectivity index (χ4n) is 4.16. The van der Waals surface area contributed by atoms with Crippen molar-refractivity contribution in [2.24, 2.45) is 0 Å². The zero-order valence-electron chi connectivity index (χ0n) is 18.2. The summed E-state index contributed by atoms with van der Waals surface area (Å²) in [5, 5.41) is 3.94. The van der Waals surface area contributed by atoms with E-state index in [9.17, 15) is 9.18 Å². The average Bonchev–Trinajstić information content (AvgIpc) is 3.30. The van der Waals surface area contributed by atoms with Crippen LogP contribution in [0.3, 0.4) is 0 Å². The Hall–Kier alpha value is -3.94. The predicted molar refractivity (Wildman–Crippen MR) is 127 cm³/mol. The minimum atomic E-state index is -0.266. The van der Waals surface area contributed by atoms with Crippen LogP contribution in [-0.4, -0.2) is 58.6 Å². The van der Waals surface area contributed by atoms with Crippen LogP contribution in [-0.2, 0) is 6.42 Å². The first-order chi connectivity index (χ1) is 16.2. The van der Waals surface area contributed by atoms with Crippen molar-refractivity contribution in [1.82, 2.24) is 25.2 Å². The maximum Gasteiger partial charge on any atom is 0.317 e. The molecule has 4 aromatic rings. The summed E-state index contributed by atoms with van der Waals surface area (Å²) < 4.78 is 13.3. The van der Waals surface area contributed by atoms with Crippen molar-refractivity contribution in [3.63, 3.8) is 0 Å². The summed E-state index contributed by atoms with van der Waals surface area (Å²) >= 11 is 0. The molecule has 0 spiro atoms. The van der Waals surface area contributed by atoms with Crippen LogP contribution < -0.4 is 10.2 Å². The van der Waals surface area contributed by atoms with Crippen molar-refractivity contribution in [2.45, 2.75) is 6.42 Å². The first kappa shape index (κ1) is 20.9. The fourth-order valence-corrected chi connectivity index (χ4v) is 4.16. The van der Waals surface area contributed by atoms with E-state index >= 15 is 0 Å². The smallest absolute Gasteiger partial charge is 0.317 e. The summed E-state index contributed by atoms with van der Waals surface area (Å²) in [6.45, 7) is 3.24. The van der Waals surface area contributed by atoms with Crippen molar-refractivity contribution in [2.75, 3.05) is 37.6 Å². The Morgan fingerprint density at radius 3 is 2.52 bits per heavy atom. The molecule has 5 rings (SSSR count). The van der Waals surface area contributed by atoms with E-state index in [2.05, 4.69) is 37.3 Å². The molecule has 0 bridgehead atoms. The van der Waals surface area contributed by atoms with Crippen LogP contribution in [0.25, 0.3) is 22.3 Å². The number of rotatable bonds is 5. The molecule has 0 unspecified atom stereocenters. The molecule has 1 fully saturated rings. The largest absolute Gasteiger partial charge is 0.352 e.